The Labute approximate surface area is 142 Å². The van der Waals surface area contributed by atoms with Gasteiger partial charge in [-0.25, -0.2) is 0 Å². The molecule has 1 aromatic rings. The summed E-state index contributed by atoms with van der Waals surface area (Å²) >= 11 is 0. The first-order valence-corrected chi connectivity index (χ1v) is 7.88. The molecule has 0 aromatic heterocycles. The molecule has 0 unspecified atom stereocenters. The highest BCUT2D eigenvalue weighted by Gasteiger charge is 2.23. The molecule has 0 bridgehead atoms. The molecule has 0 aliphatic rings. The second-order valence-electron chi connectivity index (χ2n) is 6.57. The molecular weight excluding hydrogens is 310 g/mol. The quantitative estimate of drug-likeness (QED) is 0.736. The summed E-state index contributed by atoms with van der Waals surface area (Å²) in [7, 11) is 0. The fourth-order valence-electron chi connectivity index (χ4n) is 2.03. The van der Waals surface area contributed by atoms with Crippen molar-refractivity contribution in [2.45, 2.75) is 52.2 Å². The van der Waals surface area contributed by atoms with Gasteiger partial charge in [0.15, 0.2) is 0 Å². The lowest BCUT2D eigenvalue weighted by molar-refractivity contribution is -0.156. The number of carbonyl (C=O) groups is 3. The summed E-state index contributed by atoms with van der Waals surface area (Å²) in [5.41, 5.74) is 5.57. The molecule has 6 heteroatoms. The Morgan fingerprint density at radius 1 is 1.08 bits per heavy atom. The predicted octanol–water partition coefficient (Wildman–Crippen LogP) is 2.34. The number of nitrogens with two attached hydrogens (primary N) is 1. The van der Waals surface area contributed by atoms with Gasteiger partial charge in [0.2, 0.25) is 5.91 Å². The van der Waals surface area contributed by atoms with Crippen LogP contribution in [0.1, 0.15) is 45.6 Å². The van der Waals surface area contributed by atoms with Gasteiger partial charge < -0.3 is 15.2 Å². The molecule has 0 saturated heterocycles. The van der Waals surface area contributed by atoms with E-state index in [-0.39, 0.29) is 25.9 Å². The van der Waals surface area contributed by atoms with E-state index >= 15 is 0 Å². The van der Waals surface area contributed by atoms with Crippen LogP contribution in [0.2, 0.25) is 0 Å². The first-order valence-electron chi connectivity index (χ1n) is 7.88. The highest BCUT2D eigenvalue weighted by molar-refractivity contribution is 5.83. The highest BCUT2D eigenvalue weighted by atomic mass is 16.6. The number of esters is 2. The molecule has 0 fully saturated rings. The van der Waals surface area contributed by atoms with Crippen molar-refractivity contribution in [1.82, 2.24) is 0 Å². The molecule has 0 saturated carbocycles. The van der Waals surface area contributed by atoms with E-state index in [2.05, 4.69) is 0 Å². The maximum atomic E-state index is 11.9. The average molecular weight is 335 g/mol. The minimum absolute atomic E-state index is 0.0246. The van der Waals surface area contributed by atoms with Crippen LogP contribution < -0.4 is 5.73 Å². The van der Waals surface area contributed by atoms with Crippen molar-refractivity contribution in [2.24, 2.45) is 11.7 Å². The highest BCUT2D eigenvalue weighted by Crippen LogP contribution is 2.16. The number of rotatable bonds is 8. The normalized spacial score (nSPS) is 12.3. The van der Waals surface area contributed by atoms with Gasteiger partial charge in [0.1, 0.15) is 12.2 Å². The molecule has 0 spiro atoms. The minimum atomic E-state index is -0.749. The van der Waals surface area contributed by atoms with Gasteiger partial charge in [0, 0.05) is 12.3 Å². The van der Waals surface area contributed by atoms with Crippen molar-refractivity contribution in [3.05, 3.63) is 35.9 Å². The van der Waals surface area contributed by atoms with Crippen molar-refractivity contribution in [3.8, 4) is 0 Å². The topological polar surface area (TPSA) is 95.7 Å². The Bertz CT molecular complexity index is 563. The standard InChI is InChI=1S/C18H25NO5/c1-18(2,3)24-15(20)10-9-14(17(19)22)11-16(21)23-12-13-7-5-4-6-8-13/h4-8,14H,9-12H2,1-3H3,(H2,19,22)/t14-/m1/s1. The number of ether oxygens (including phenoxy) is 2. The summed E-state index contributed by atoms with van der Waals surface area (Å²) in [6, 6.07) is 9.22. The molecule has 0 aliphatic heterocycles. The SMILES string of the molecule is CC(C)(C)OC(=O)CC[C@H](CC(=O)OCc1ccccc1)C(N)=O. The third-order valence-corrected chi connectivity index (χ3v) is 3.18. The molecule has 1 amide bonds. The maximum absolute atomic E-state index is 11.9. The third-order valence-electron chi connectivity index (χ3n) is 3.18. The van der Waals surface area contributed by atoms with Crippen LogP contribution in [0.25, 0.3) is 0 Å². The van der Waals surface area contributed by atoms with Crippen LogP contribution in [0.5, 0.6) is 0 Å². The summed E-state index contributed by atoms with van der Waals surface area (Å²) < 4.78 is 10.3. The second kappa shape index (κ2) is 9.05. The lowest BCUT2D eigenvalue weighted by Gasteiger charge is -2.20. The molecule has 24 heavy (non-hydrogen) atoms. The molecule has 0 aliphatic carbocycles. The Hall–Kier alpha value is -2.37. The van der Waals surface area contributed by atoms with E-state index in [1.165, 1.54) is 0 Å². The van der Waals surface area contributed by atoms with Gasteiger partial charge in [-0.05, 0) is 32.8 Å². The summed E-state index contributed by atoms with van der Waals surface area (Å²) in [5, 5.41) is 0. The van der Waals surface area contributed by atoms with Crippen LogP contribution in [-0.4, -0.2) is 23.4 Å². The van der Waals surface area contributed by atoms with E-state index in [0.717, 1.165) is 5.56 Å². The zero-order valence-corrected chi connectivity index (χ0v) is 14.4. The van der Waals surface area contributed by atoms with Gasteiger partial charge in [-0.2, -0.15) is 0 Å². The molecule has 1 rings (SSSR count). The van der Waals surface area contributed by atoms with Crippen molar-refractivity contribution in [2.75, 3.05) is 0 Å². The summed E-state index contributed by atoms with van der Waals surface area (Å²) in [6.45, 7) is 5.42. The molecule has 132 valence electrons. The summed E-state index contributed by atoms with van der Waals surface area (Å²) in [5.74, 6) is -2.32. The molecule has 6 nitrogen and oxygen atoms in total. The molecule has 0 heterocycles. The number of benzene rings is 1. The summed E-state index contributed by atoms with van der Waals surface area (Å²) in [6.07, 6.45) is 0.0342. The summed E-state index contributed by atoms with van der Waals surface area (Å²) in [4.78, 5) is 35.0. The fourth-order valence-corrected chi connectivity index (χ4v) is 2.03. The van der Waals surface area contributed by atoms with Crippen LogP contribution in [0.15, 0.2) is 30.3 Å². The van der Waals surface area contributed by atoms with Crippen LogP contribution in [-0.2, 0) is 30.5 Å². The van der Waals surface area contributed by atoms with Crippen LogP contribution in [0.4, 0.5) is 0 Å². The van der Waals surface area contributed by atoms with E-state index in [0.29, 0.717) is 0 Å². The molecular formula is C18H25NO5. The van der Waals surface area contributed by atoms with E-state index in [4.69, 9.17) is 15.2 Å². The molecule has 1 atom stereocenters. The molecule has 0 radical (unpaired) electrons. The maximum Gasteiger partial charge on any atom is 0.306 e. The van der Waals surface area contributed by atoms with Crippen LogP contribution in [0.3, 0.4) is 0 Å². The van der Waals surface area contributed by atoms with Crippen molar-refractivity contribution in [1.29, 1.82) is 0 Å². The number of primary amides is 1. The molecule has 2 N–H and O–H groups in total. The fraction of sp³-hybridized carbons (Fsp3) is 0.500. The van der Waals surface area contributed by atoms with Crippen molar-refractivity contribution >= 4 is 17.8 Å². The van der Waals surface area contributed by atoms with Gasteiger partial charge in [0.25, 0.3) is 0 Å². The van der Waals surface area contributed by atoms with E-state index in [1.54, 1.807) is 20.8 Å². The number of hydrogen-bond acceptors (Lipinski definition) is 5. The lowest BCUT2D eigenvalue weighted by Crippen LogP contribution is -2.28. The predicted molar refractivity (Wildman–Crippen MR) is 88.6 cm³/mol. The largest absolute Gasteiger partial charge is 0.461 e. The third kappa shape index (κ3) is 8.31. The zero-order valence-electron chi connectivity index (χ0n) is 14.4. The zero-order chi connectivity index (χ0) is 18.2. The first kappa shape index (κ1) is 19.7. The Balaban J connectivity index is 2.43. The van der Waals surface area contributed by atoms with E-state index in [9.17, 15) is 14.4 Å². The number of amides is 1. The second-order valence-corrected chi connectivity index (χ2v) is 6.57. The Morgan fingerprint density at radius 2 is 1.71 bits per heavy atom. The van der Waals surface area contributed by atoms with Crippen molar-refractivity contribution < 1.29 is 23.9 Å². The monoisotopic (exact) mass is 335 g/mol. The van der Waals surface area contributed by atoms with Gasteiger partial charge in [-0.15, -0.1) is 0 Å². The van der Waals surface area contributed by atoms with Gasteiger partial charge >= 0.3 is 11.9 Å². The van der Waals surface area contributed by atoms with Gasteiger partial charge in [-0.3, -0.25) is 14.4 Å². The van der Waals surface area contributed by atoms with Crippen molar-refractivity contribution in [3.63, 3.8) is 0 Å². The van der Waals surface area contributed by atoms with Crippen LogP contribution >= 0.6 is 0 Å². The Morgan fingerprint density at radius 3 is 2.25 bits per heavy atom. The Kier molecular flexibility index (Phi) is 7.42. The number of carbonyl (C=O) groups excluding carboxylic acids is 3. The lowest BCUT2D eigenvalue weighted by atomic mass is 9.99. The molecule has 1 aromatic carbocycles. The number of hydrogen-bond donors (Lipinski definition) is 1. The van der Waals surface area contributed by atoms with E-state index < -0.39 is 29.4 Å². The average Bonchev–Trinajstić information content (AvgIpc) is 2.48. The minimum Gasteiger partial charge on any atom is -0.461 e. The van der Waals surface area contributed by atoms with Crippen LogP contribution in [0, 0.1) is 5.92 Å². The first-order chi connectivity index (χ1) is 11.2. The smallest absolute Gasteiger partial charge is 0.306 e. The van der Waals surface area contributed by atoms with E-state index in [1.807, 2.05) is 30.3 Å². The van der Waals surface area contributed by atoms with Gasteiger partial charge in [-0.1, -0.05) is 30.3 Å². The van der Waals surface area contributed by atoms with Gasteiger partial charge in [0.05, 0.1) is 6.42 Å².